The van der Waals surface area contributed by atoms with Crippen molar-refractivity contribution >= 4 is 23.5 Å². The predicted molar refractivity (Wildman–Crippen MR) is 115 cm³/mol. The monoisotopic (exact) mass is 418 g/mol. The second kappa shape index (κ2) is 7.72. The Labute approximate surface area is 177 Å². The van der Waals surface area contributed by atoms with Crippen LogP contribution in [-0.2, 0) is 11.5 Å². The number of nitrogens with zero attached hydrogens (tertiary/aromatic N) is 3. The first-order chi connectivity index (χ1) is 14.7. The molecular weight excluding hydrogens is 400 g/mol. The van der Waals surface area contributed by atoms with Crippen molar-refractivity contribution in [2.75, 3.05) is 12.4 Å². The van der Waals surface area contributed by atoms with Crippen LogP contribution in [-0.4, -0.2) is 28.0 Å². The van der Waals surface area contributed by atoms with E-state index >= 15 is 0 Å². The highest BCUT2D eigenvalue weighted by Gasteiger charge is 2.26. The van der Waals surface area contributed by atoms with Gasteiger partial charge in [0, 0.05) is 28.7 Å². The van der Waals surface area contributed by atoms with Crippen LogP contribution in [0.5, 0.6) is 5.75 Å². The molecular formula is C22H18N4O3S. The van der Waals surface area contributed by atoms with E-state index in [2.05, 4.69) is 10.5 Å². The molecule has 2 aromatic carbocycles. The van der Waals surface area contributed by atoms with Gasteiger partial charge in [-0.2, -0.15) is 16.9 Å². The number of carbonyl (C=O) groups excluding carboxylic acids is 1. The van der Waals surface area contributed by atoms with Crippen molar-refractivity contribution in [1.29, 1.82) is 0 Å². The van der Waals surface area contributed by atoms with Gasteiger partial charge >= 0.3 is 0 Å². The molecule has 0 saturated carbocycles. The molecule has 1 N–H and O–H groups in total. The molecule has 30 heavy (non-hydrogen) atoms. The summed E-state index contributed by atoms with van der Waals surface area (Å²) in [7, 11) is 1.63. The standard InChI is InChI=1S/C22H18N4O3S/c1-28-16-9-7-15(8-10-16)26-21(17-12-30-13-19(17)24-26)23-22(27)18-11-20(29-25-18)14-5-3-2-4-6-14/h2-11H,12-13H2,1H3,(H,23,27). The van der Waals surface area contributed by atoms with Gasteiger partial charge in [-0.05, 0) is 24.3 Å². The molecule has 0 aliphatic carbocycles. The maximum absolute atomic E-state index is 12.9. The zero-order chi connectivity index (χ0) is 20.5. The Balaban J connectivity index is 1.46. The predicted octanol–water partition coefficient (Wildman–Crippen LogP) is 4.54. The van der Waals surface area contributed by atoms with Crippen LogP contribution < -0.4 is 10.1 Å². The van der Waals surface area contributed by atoms with Gasteiger partial charge in [-0.25, -0.2) is 4.68 Å². The van der Waals surface area contributed by atoms with Crippen LogP contribution in [0.2, 0.25) is 0 Å². The Bertz CT molecular complexity index is 1200. The highest BCUT2D eigenvalue weighted by atomic mass is 32.2. The largest absolute Gasteiger partial charge is 0.497 e. The van der Waals surface area contributed by atoms with Gasteiger partial charge in [0.15, 0.2) is 11.5 Å². The van der Waals surface area contributed by atoms with Gasteiger partial charge in [0.05, 0.1) is 18.5 Å². The Hall–Kier alpha value is -3.52. The van der Waals surface area contributed by atoms with Crippen LogP contribution in [0.3, 0.4) is 0 Å². The number of rotatable bonds is 5. The minimum absolute atomic E-state index is 0.218. The maximum Gasteiger partial charge on any atom is 0.279 e. The topological polar surface area (TPSA) is 82.2 Å². The number of thioether (sulfide) groups is 1. The van der Waals surface area contributed by atoms with Crippen molar-refractivity contribution in [2.24, 2.45) is 0 Å². The molecule has 0 radical (unpaired) electrons. The van der Waals surface area contributed by atoms with E-state index in [1.165, 1.54) is 0 Å². The van der Waals surface area contributed by atoms with E-state index in [1.54, 1.807) is 29.6 Å². The van der Waals surface area contributed by atoms with Crippen LogP contribution in [0.25, 0.3) is 17.0 Å². The third-order valence-corrected chi connectivity index (χ3v) is 5.87. The summed E-state index contributed by atoms with van der Waals surface area (Å²) in [5.74, 6) is 3.25. The highest BCUT2D eigenvalue weighted by Crippen LogP contribution is 2.36. The Kier molecular flexibility index (Phi) is 4.76. The van der Waals surface area contributed by atoms with E-state index in [1.807, 2.05) is 54.6 Å². The second-order valence-electron chi connectivity index (χ2n) is 6.77. The first-order valence-corrected chi connectivity index (χ1v) is 10.5. The lowest BCUT2D eigenvalue weighted by molar-refractivity contribution is 0.101. The van der Waals surface area contributed by atoms with Crippen molar-refractivity contribution in [3.63, 3.8) is 0 Å². The average Bonchev–Trinajstić information content (AvgIpc) is 3.52. The summed E-state index contributed by atoms with van der Waals surface area (Å²) in [5, 5.41) is 11.7. The summed E-state index contributed by atoms with van der Waals surface area (Å²) in [6.07, 6.45) is 0. The number of benzene rings is 2. The third-order valence-electron chi connectivity index (χ3n) is 4.90. The molecule has 7 nitrogen and oxygen atoms in total. The SMILES string of the molecule is COc1ccc(-n2nc3c(c2NC(=O)c2cc(-c4ccccc4)on2)CSC3)cc1. The quantitative estimate of drug-likeness (QED) is 0.513. The van der Waals surface area contributed by atoms with Crippen LogP contribution >= 0.6 is 11.8 Å². The number of amides is 1. The van der Waals surface area contributed by atoms with Gasteiger partial charge in [-0.15, -0.1) is 0 Å². The number of methoxy groups -OCH3 is 1. The van der Waals surface area contributed by atoms with E-state index in [4.69, 9.17) is 14.4 Å². The molecule has 8 heteroatoms. The van der Waals surface area contributed by atoms with Crippen LogP contribution in [0, 0.1) is 0 Å². The molecule has 0 atom stereocenters. The molecule has 150 valence electrons. The molecule has 1 aliphatic rings. The molecule has 0 fully saturated rings. The average molecular weight is 418 g/mol. The fraction of sp³-hybridized carbons (Fsp3) is 0.136. The molecule has 3 heterocycles. The van der Waals surface area contributed by atoms with Crippen LogP contribution in [0.4, 0.5) is 5.82 Å². The summed E-state index contributed by atoms with van der Waals surface area (Å²) >= 11 is 1.78. The summed E-state index contributed by atoms with van der Waals surface area (Å²) < 4.78 is 12.4. The molecule has 5 rings (SSSR count). The number of aromatic nitrogens is 3. The number of hydrogen-bond donors (Lipinski definition) is 1. The van der Waals surface area contributed by atoms with Crippen molar-refractivity contribution < 1.29 is 14.1 Å². The van der Waals surface area contributed by atoms with Gasteiger partial charge in [-0.1, -0.05) is 35.5 Å². The fourth-order valence-electron chi connectivity index (χ4n) is 3.34. The molecule has 2 aromatic heterocycles. The molecule has 0 unspecified atom stereocenters. The Morgan fingerprint density at radius 1 is 1.13 bits per heavy atom. The third kappa shape index (κ3) is 3.35. The minimum Gasteiger partial charge on any atom is -0.497 e. The number of nitrogens with one attached hydrogen (secondary N) is 1. The number of hydrogen-bond acceptors (Lipinski definition) is 6. The van der Waals surface area contributed by atoms with E-state index in [0.717, 1.165) is 39.8 Å². The van der Waals surface area contributed by atoms with Crippen molar-refractivity contribution in [2.45, 2.75) is 11.5 Å². The molecule has 0 spiro atoms. The van der Waals surface area contributed by atoms with E-state index in [9.17, 15) is 4.79 Å². The van der Waals surface area contributed by atoms with E-state index in [0.29, 0.717) is 11.6 Å². The molecule has 0 bridgehead atoms. The number of ether oxygens (including phenoxy) is 1. The van der Waals surface area contributed by atoms with Gasteiger partial charge in [0.1, 0.15) is 11.6 Å². The van der Waals surface area contributed by atoms with E-state index < -0.39 is 0 Å². The Morgan fingerprint density at radius 3 is 2.70 bits per heavy atom. The smallest absolute Gasteiger partial charge is 0.279 e. The lowest BCUT2D eigenvalue weighted by atomic mass is 10.1. The number of anilines is 1. The maximum atomic E-state index is 12.9. The van der Waals surface area contributed by atoms with Gasteiger partial charge in [0.25, 0.3) is 5.91 Å². The molecule has 1 aliphatic heterocycles. The number of fused-ring (bicyclic) bond motifs is 1. The van der Waals surface area contributed by atoms with Crippen molar-refractivity contribution in [3.05, 3.63) is 77.6 Å². The highest BCUT2D eigenvalue weighted by molar-refractivity contribution is 7.98. The van der Waals surface area contributed by atoms with Gasteiger partial charge < -0.3 is 14.6 Å². The lowest BCUT2D eigenvalue weighted by Gasteiger charge is -2.10. The second-order valence-corrected chi connectivity index (χ2v) is 7.76. The fourth-order valence-corrected chi connectivity index (χ4v) is 4.38. The summed E-state index contributed by atoms with van der Waals surface area (Å²) in [5.41, 5.74) is 3.95. The molecule has 4 aromatic rings. The van der Waals surface area contributed by atoms with Crippen molar-refractivity contribution in [1.82, 2.24) is 14.9 Å². The van der Waals surface area contributed by atoms with Crippen LogP contribution in [0.1, 0.15) is 21.7 Å². The summed E-state index contributed by atoms with van der Waals surface area (Å²) in [4.78, 5) is 12.9. The minimum atomic E-state index is -0.338. The first-order valence-electron chi connectivity index (χ1n) is 9.39. The zero-order valence-electron chi connectivity index (χ0n) is 16.2. The molecule has 0 saturated heterocycles. The van der Waals surface area contributed by atoms with Gasteiger partial charge in [0.2, 0.25) is 0 Å². The summed E-state index contributed by atoms with van der Waals surface area (Å²) in [6.45, 7) is 0. The first kappa shape index (κ1) is 18.5. The van der Waals surface area contributed by atoms with Crippen LogP contribution in [0.15, 0.2) is 65.2 Å². The van der Waals surface area contributed by atoms with E-state index in [-0.39, 0.29) is 11.6 Å². The molecule has 1 amide bonds. The zero-order valence-corrected chi connectivity index (χ0v) is 17.0. The van der Waals surface area contributed by atoms with Gasteiger partial charge in [-0.3, -0.25) is 4.79 Å². The summed E-state index contributed by atoms with van der Waals surface area (Å²) in [6, 6.07) is 18.8. The van der Waals surface area contributed by atoms with Crippen molar-refractivity contribution in [3.8, 4) is 22.8 Å². The lowest BCUT2D eigenvalue weighted by Crippen LogP contribution is -2.16. The normalized spacial score (nSPS) is 12.6. The number of carbonyl (C=O) groups is 1. The Morgan fingerprint density at radius 2 is 1.93 bits per heavy atom.